The Bertz CT molecular complexity index is 611. The minimum absolute atomic E-state index is 0.111. The molecule has 2 N–H and O–H groups in total. The first kappa shape index (κ1) is 16.0. The third kappa shape index (κ3) is 3.86. The standard InChI is InChI=1S/C18H22N2O2/c1-20(2)16(14-9-5-4-6-10-14)13-19-18(21)15-11-7-8-12-17(15)22-3/h4-12,16H,13H2,1-3H3,(H,19,21)/p+1/t16-/m0/s1. The van der Waals surface area contributed by atoms with Crippen molar-refractivity contribution in [2.75, 3.05) is 27.7 Å². The lowest BCUT2D eigenvalue weighted by molar-refractivity contribution is -0.890. The molecular weight excluding hydrogens is 276 g/mol. The van der Waals surface area contributed by atoms with Crippen LogP contribution in [0.3, 0.4) is 0 Å². The van der Waals surface area contributed by atoms with Gasteiger partial charge in [0.2, 0.25) is 0 Å². The highest BCUT2D eigenvalue weighted by Gasteiger charge is 2.19. The number of rotatable bonds is 6. The van der Waals surface area contributed by atoms with Gasteiger partial charge in [-0.1, -0.05) is 42.5 Å². The Hall–Kier alpha value is -2.33. The van der Waals surface area contributed by atoms with E-state index in [9.17, 15) is 4.79 Å². The van der Waals surface area contributed by atoms with Crippen molar-refractivity contribution >= 4 is 5.91 Å². The number of hydrogen-bond acceptors (Lipinski definition) is 2. The normalized spacial score (nSPS) is 12.0. The summed E-state index contributed by atoms with van der Waals surface area (Å²) in [7, 11) is 5.75. The van der Waals surface area contributed by atoms with Gasteiger partial charge in [-0.2, -0.15) is 0 Å². The molecule has 4 nitrogen and oxygen atoms in total. The third-order valence-electron chi connectivity index (χ3n) is 3.72. The lowest BCUT2D eigenvalue weighted by Crippen LogP contribution is -3.07. The highest BCUT2D eigenvalue weighted by Crippen LogP contribution is 2.17. The largest absolute Gasteiger partial charge is 0.496 e. The Morgan fingerprint density at radius 2 is 1.73 bits per heavy atom. The van der Waals surface area contributed by atoms with Crippen molar-refractivity contribution in [3.8, 4) is 5.75 Å². The maximum Gasteiger partial charge on any atom is 0.255 e. The van der Waals surface area contributed by atoms with Crippen molar-refractivity contribution in [1.29, 1.82) is 0 Å². The average molecular weight is 299 g/mol. The van der Waals surface area contributed by atoms with E-state index in [-0.39, 0.29) is 11.9 Å². The van der Waals surface area contributed by atoms with Gasteiger partial charge in [0, 0.05) is 5.56 Å². The first-order valence-corrected chi connectivity index (χ1v) is 7.39. The highest BCUT2D eigenvalue weighted by atomic mass is 16.5. The molecule has 0 spiro atoms. The van der Waals surface area contributed by atoms with E-state index in [4.69, 9.17) is 4.74 Å². The van der Waals surface area contributed by atoms with E-state index in [0.29, 0.717) is 17.9 Å². The maximum absolute atomic E-state index is 12.4. The van der Waals surface area contributed by atoms with Gasteiger partial charge in [-0.15, -0.1) is 0 Å². The molecule has 0 radical (unpaired) electrons. The number of quaternary nitrogens is 1. The van der Waals surface area contributed by atoms with E-state index in [1.165, 1.54) is 10.5 Å². The summed E-state index contributed by atoms with van der Waals surface area (Å²) in [5.74, 6) is 0.480. The van der Waals surface area contributed by atoms with Crippen LogP contribution in [0.2, 0.25) is 0 Å². The number of amides is 1. The second-order valence-electron chi connectivity index (χ2n) is 5.45. The molecule has 0 bridgehead atoms. The summed E-state index contributed by atoms with van der Waals surface area (Å²) in [6, 6.07) is 17.7. The summed E-state index contributed by atoms with van der Waals surface area (Å²) in [5, 5.41) is 3.01. The summed E-state index contributed by atoms with van der Waals surface area (Å²) in [4.78, 5) is 13.7. The smallest absolute Gasteiger partial charge is 0.255 e. The maximum atomic E-state index is 12.4. The van der Waals surface area contributed by atoms with Crippen LogP contribution in [0.4, 0.5) is 0 Å². The first-order chi connectivity index (χ1) is 10.6. The zero-order chi connectivity index (χ0) is 15.9. The van der Waals surface area contributed by atoms with Crippen LogP contribution < -0.4 is 15.0 Å². The molecule has 0 unspecified atom stereocenters. The van der Waals surface area contributed by atoms with Gasteiger partial charge in [-0.05, 0) is 12.1 Å². The number of nitrogens with one attached hydrogen (secondary N) is 2. The highest BCUT2D eigenvalue weighted by molar-refractivity contribution is 5.96. The number of ether oxygens (including phenoxy) is 1. The molecule has 0 saturated carbocycles. The fourth-order valence-electron chi connectivity index (χ4n) is 2.46. The van der Waals surface area contributed by atoms with Crippen LogP contribution in [0.25, 0.3) is 0 Å². The summed E-state index contributed by atoms with van der Waals surface area (Å²) in [6.45, 7) is 0.573. The number of carbonyl (C=O) groups is 1. The molecule has 0 aliphatic heterocycles. The minimum Gasteiger partial charge on any atom is -0.496 e. The number of carbonyl (C=O) groups excluding carboxylic acids is 1. The predicted molar refractivity (Wildman–Crippen MR) is 87.3 cm³/mol. The molecule has 0 aliphatic carbocycles. The van der Waals surface area contributed by atoms with Crippen molar-refractivity contribution in [1.82, 2.24) is 5.32 Å². The molecule has 2 aromatic rings. The Balaban J connectivity index is 2.08. The van der Waals surface area contributed by atoms with Crippen LogP contribution in [0, 0.1) is 0 Å². The van der Waals surface area contributed by atoms with Crippen molar-refractivity contribution < 1.29 is 14.4 Å². The van der Waals surface area contributed by atoms with Crippen molar-refractivity contribution in [2.45, 2.75) is 6.04 Å². The molecule has 0 aromatic heterocycles. The number of hydrogen-bond donors (Lipinski definition) is 2. The molecule has 2 rings (SSSR count). The molecule has 4 heteroatoms. The summed E-state index contributed by atoms with van der Waals surface area (Å²) in [5.41, 5.74) is 1.77. The van der Waals surface area contributed by atoms with E-state index in [1.807, 2.05) is 30.3 Å². The van der Waals surface area contributed by atoms with Crippen LogP contribution in [0.1, 0.15) is 22.0 Å². The van der Waals surface area contributed by atoms with Crippen molar-refractivity contribution in [3.05, 3.63) is 65.7 Å². The second kappa shape index (κ2) is 7.61. The molecule has 1 atom stereocenters. The van der Waals surface area contributed by atoms with Crippen LogP contribution in [-0.4, -0.2) is 33.7 Å². The topological polar surface area (TPSA) is 42.8 Å². The van der Waals surface area contributed by atoms with Crippen LogP contribution in [0.15, 0.2) is 54.6 Å². The van der Waals surface area contributed by atoms with Gasteiger partial charge < -0.3 is 15.0 Å². The number of methoxy groups -OCH3 is 1. The fourth-order valence-corrected chi connectivity index (χ4v) is 2.46. The molecule has 1 amide bonds. The van der Waals surface area contributed by atoms with Crippen molar-refractivity contribution in [2.24, 2.45) is 0 Å². The van der Waals surface area contributed by atoms with Gasteiger partial charge in [0.05, 0.1) is 33.3 Å². The quantitative estimate of drug-likeness (QED) is 0.844. The van der Waals surface area contributed by atoms with E-state index in [0.717, 1.165) is 0 Å². The number of para-hydroxylation sites is 1. The van der Waals surface area contributed by atoms with E-state index >= 15 is 0 Å². The SMILES string of the molecule is COc1ccccc1C(=O)NC[C@@H](c1ccccc1)[NH+](C)C. The van der Waals surface area contributed by atoms with Crippen molar-refractivity contribution in [3.63, 3.8) is 0 Å². The van der Waals surface area contributed by atoms with E-state index in [1.54, 1.807) is 19.2 Å². The number of benzene rings is 2. The Morgan fingerprint density at radius 1 is 1.09 bits per heavy atom. The van der Waals surface area contributed by atoms with E-state index in [2.05, 4.69) is 31.5 Å². The second-order valence-corrected chi connectivity index (χ2v) is 5.45. The monoisotopic (exact) mass is 299 g/mol. The predicted octanol–water partition coefficient (Wildman–Crippen LogP) is 1.31. The summed E-state index contributed by atoms with van der Waals surface area (Å²) in [6.07, 6.45) is 0. The molecule has 2 aromatic carbocycles. The zero-order valence-electron chi connectivity index (χ0n) is 13.3. The molecule has 0 aliphatic rings. The summed E-state index contributed by atoms with van der Waals surface area (Å²) >= 11 is 0. The molecule has 0 heterocycles. The molecule has 0 saturated heterocycles. The van der Waals surface area contributed by atoms with Gasteiger partial charge >= 0.3 is 0 Å². The van der Waals surface area contributed by atoms with Gasteiger partial charge in [0.15, 0.2) is 0 Å². The molecular formula is C18H23N2O2+. The lowest BCUT2D eigenvalue weighted by atomic mass is 10.1. The Kier molecular flexibility index (Phi) is 5.55. The fraction of sp³-hybridized carbons (Fsp3) is 0.278. The van der Waals surface area contributed by atoms with Gasteiger partial charge in [0.25, 0.3) is 5.91 Å². The van der Waals surface area contributed by atoms with E-state index < -0.39 is 0 Å². The molecule has 22 heavy (non-hydrogen) atoms. The van der Waals surface area contributed by atoms with Gasteiger partial charge in [-0.25, -0.2) is 0 Å². The third-order valence-corrected chi connectivity index (χ3v) is 3.72. The lowest BCUT2D eigenvalue weighted by Gasteiger charge is -2.22. The van der Waals surface area contributed by atoms with Crippen LogP contribution in [-0.2, 0) is 0 Å². The minimum atomic E-state index is -0.111. The molecule has 0 fully saturated rings. The Morgan fingerprint density at radius 3 is 2.36 bits per heavy atom. The summed E-state index contributed by atoms with van der Waals surface area (Å²) < 4.78 is 5.24. The van der Waals surface area contributed by atoms with Crippen LogP contribution >= 0.6 is 0 Å². The van der Waals surface area contributed by atoms with Gasteiger partial charge in [-0.3, -0.25) is 4.79 Å². The van der Waals surface area contributed by atoms with Crippen LogP contribution in [0.5, 0.6) is 5.75 Å². The Labute approximate surface area is 131 Å². The van der Waals surface area contributed by atoms with Gasteiger partial charge in [0.1, 0.15) is 11.8 Å². The zero-order valence-corrected chi connectivity index (χ0v) is 13.3. The average Bonchev–Trinajstić information content (AvgIpc) is 2.55. The molecule has 116 valence electrons. The number of likely N-dealkylation sites (N-methyl/N-ethyl adjacent to an activating group) is 1. The first-order valence-electron chi connectivity index (χ1n) is 7.39.